The van der Waals surface area contributed by atoms with Crippen molar-refractivity contribution in [2.75, 3.05) is 0 Å². The lowest BCUT2D eigenvalue weighted by molar-refractivity contribution is 0.470. The average Bonchev–Trinajstić information content (AvgIpc) is 3.06. The first-order valence-corrected chi connectivity index (χ1v) is 9.24. The first-order chi connectivity index (χ1) is 12.6. The second kappa shape index (κ2) is 7.09. The second-order valence-electron chi connectivity index (χ2n) is 5.62. The Labute approximate surface area is 168 Å². The van der Waals surface area contributed by atoms with Crippen molar-refractivity contribution >= 4 is 57.2 Å². The average molecular weight is 475 g/mol. The fourth-order valence-corrected chi connectivity index (χ4v) is 3.23. The van der Waals surface area contributed by atoms with Crippen LogP contribution in [0.4, 0.5) is 5.69 Å². The molecule has 0 saturated heterocycles. The van der Waals surface area contributed by atoms with Crippen LogP contribution >= 0.6 is 34.2 Å². The van der Waals surface area contributed by atoms with Gasteiger partial charge in [-0.25, -0.2) is 4.98 Å². The number of aromatic nitrogens is 1. The van der Waals surface area contributed by atoms with Crippen LogP contribution in [0.3, 0.4) is 0 Å². The normalized spacial score (nSPS) is 11.5. The number of hydrogen-bond donors (Lipinski definition) is 1. The van der Waals surface area contributed by atoms with Crippen molar-refractivity contribution in [3.63, 3.8) is 0 Å². The van der Waals surface area contributed by atoms with Gasteiger partial charge in [0.05, 0.1) is 9.26 Å². The maximum atomic E-state index is 10.1. The molecular weight excluding hydrogens is 463 g/mol. The van der Waals surface area contributed by atoms with E-state index in [0.29, 0.717) is 27.6 Å². The maximum absolute atomic E-state index is 10.1. The van der Waals surface area contributed by atoms with E-state index in [1.54, 1.807) is 12.3 Å². The topological polar surface area (TPSA) is 58.6 Å². The summed E-state index contributed by atoms with van der Waals surface area (Å²) >= 11 is 8.12. The monoisotopic (exact) mass is 474 g/mol. The Hall–Kier alpha value is -2.38. The number of benzene rings is 3. The van der Waals surface area contributed by atoms with Crippen molar-refractivity contribution in [2.24, 2.45) is 4.99 Å². The van der Waals surface area contributed by atoms with E-state index < -0.39 is 0 Å². The van der Waals surface area contributed by atoms with E-state index in [4.69, 9.17) is 16.0 Å². The molecule has 3 aromatic carbocycles. The van der Waals surface area contributed by atoms with Gasteiger partial charge in [-0.3, -0.25) is 4.99 Å². The highest BCUT2D eigenvalue weighted by Gasteiger charge is 2.09. The Bertz CT molecular complexity index is 1140. The molecule has 0 radical (unpaired) electrons. The third kappa shape index (κ3) is 3.45. The van der Waals surface area contributed by atoms with Crippen LogP contribution < -0.4 is 0 Å². The Balaban J connectivity index is 1.67. The SMILES string of the molecule is Oc1c(I)cccc1C=Nc1ccc2oc(-c3cccc(Cl)c3)nc2c1. The zero-order valence-corrected chi connectivity index (χ0v) is 16.3. The molecule has 4 aromatic rings. The summed E-state index contributed by atoms with van der Waals surface area (Å²) < 4.78 is 6.58. The lowest BCUT2D eigenvalue weighted by atomic mass is 10.2. The largest absolute Gasteiger partial charge is 0.506 e. The number of hydrogen-bond acceptors (Lipinski definition) is 4. The maximum Gasteiger partial charge on any atom is 0.227 e. The van der Waals surface area contributed by atoms with Crippen molar-refractivity contribution < 1.29 is 9.52 Å². The van der Waals surface area contributed by atoms with Crippen LogP contribution in [0.1, 0.15) is 5.56 Å². The molecule has 1 aromatic heterocycles. The molecule has 0 amide bonds. The standard InChI is InChI=1S/C20H12ClIN2O2/c21-14-5-1-3-12(9-14)20-24-17-10-15(7-8-18(17)26-20)23-11-13-4-2-6-16(22)19(13)25/h1-11,25H. The van der Waals surface area contributed by atoms with Gasteiger partial charge in [0.15, 0.2) is 5.58 Å². The van der Waals surface area contributed by atoms with Gasteiger partial charge in [-0.15, -0.1) is 0 Å². The second-order valence-corrected chi connectivity index (χ2v) is 7.22. The number of phenols is 1. The predicted octanol–water partition coefficient (Wildman–Crippen LogP) is 6.21. The summed E-state index contributed by atoms with van der Waals surface area (Å²) in [4.78, 5) is 8.96. The van der Waals surface area contributed by atoms with Crippen LogP contribution in [0.2, 0.25) is 5.02 Å². The zero-order valence-electron chi connectivity index (χ0n) is 13.4. The van der Waals surface area contributed by atoms with Gasteiger partial charge in [0.25, 0.3) is 0 Å². The molecule has 0 atom stereocenters. The molecule has 0 spiro atoms. The highest BCUT2D eigenvalue weighted by atomic mass is 127. The van der Waals surface area contributed by atoms with Gasteiger partial charge in [-0.2, -0.15) is 0 Å². The molecule has 6 heteroatoms. The molecule has 4 nitrogen and oxygen atoms in total. The van der Waals surface area contributed by atoms with Gasteiger partial charge in [0, 0.05) is 22.4 Å². The van der Waals surface area contributed by atoms with Crippen molar-refractivity contribution in [2.45, 2.75) is 0 Å². The van der Waals surface area contributed by atoms with Crippen molar-refractivity contribution in [3.05, 3.63) is 74.8 Å². The van der Waals surface area contributed by atoms with E-state index in [1.165, 1.54) is 0 Å². The summed E-state index contributed by atoms with van der Waals surface area (Å²) in [6.45, 7) is 0. The first-order valence-electron chi connectivity index (χ1n) is 7.78. The molecule has 128 valence electrons. The number of nitrogens with zero attached hydrogens (tertiary/aromatic N) is 2. The van der Waals surface area contributed by atoms with Crippen LogP contribution in [0, 0.1) is 3.57 Å². The quantitative estimate of drug-likeness (QED) is 0.284. The predicted molar refractivity (Wildman–Crippen MR) is 113 cm³/mol. The number of para-hydroxylation sites is 1. The van der Waals surface area contributed by atoms with Crippen molar-refractivity contribution in [3.8, 4) is 17.2 Å². The molecule has 1 N–H and O–H groups in total. The molecule has 0 fully saturated rings. The lowest BCUT2D eigenvalue weighted by Gasteiger charge is -2.00. The molecule has 26 heavy (non-hydrogen) atoms. The van der Waals surface area contributed by atoms with E-state index in [9.17, 15) is 5.11 Å². The van der Waals surface area contributed by atoms with Gasteiger partial charge >= 0.3 is 0 Å². The van der Waals surface area contributed by atoms with Crippen LogP contribution in [0.15, 0.2) is 70.1 Å². The number of oxazole rings is 1. The van der Waals surface area contributed by atoms with Crippen LogP contribution in [-0.4, -0.2) is 16.3 Å². The summed E-state index contributed by atoms with van der Waals surface area (Å²) in [7, 11) is 0. The molecule has 0 aliphatic carbocycles. The molecular formula is C20H12ClIN2O2. The molecule has 0 bridgehead atoms. The summed E-state index contributed by atoms with van der Waals surface area (Å²) in [6, 6.07) is 18.4. The van der Waals surface area contributed by atoms with Gasteiger partial charge < -0.3 is 9.52 Å². The molecule has 0 aliphatic heterocycles. The number of fused-ring (bicyclic) bond motifs is 1. The summed E-state index contributed by atoms with van der Waals surface area (Å²) in [5, 5.41) is 10.7. The Morgan fingerprint density at radius 2 is 1.92 bits per heavy atom. The lowest BCUT2D eigenvalue weighted by Crippen LogP contribution is -1.84. The fraction of sp³-hybridized carbons (Fsp3) is 0. The minimum Gasteiger partial charge on any atom is -0.506 e. The van der Waals surface area contributed by atoms with Crippen molar-refractivity contribution in [1.29, 1.82) is 0 Å². The minimum atomic E-state index is 0.225. The molecule has 0 unspecified atom stereocenters. The number of aliphatic imine (C=N–C) groups is 1. The summed E-state index contributed by atoms with van der Waals surface area (Å²) in [5.74, 6) is 0.737. The molecule has 0 aliphatic rings. The molecule has 0 saturated carbocycles. The zero-order chi connectivity index (χ0) is 18.1. The Morgan fingerprint density at radius 1 is 1.08 bits per heavy atom. The Morgan fingerprint density at radius 3 is 2.77 bits per heavy atom. The van der Waals surface area contributed by atoms with E-state index in [0.717, 1.165) is 14.8 Å². The summed E-state index contributed by atoms with van der Waals surface area (Å²) in [6.07, 6.45) is 1.64. The van der Waals surface area contributed by atoms with Crippen LogP contribution in [0.25, 0.3) is 22.6 Å². The van der Waals surface area contributed by atoms with Crippen molar-refractivity contribution in [1.82, 2.24) is 4.98 Å². The van der Waals surface area contributed by atoms with E-state index in [-0.39, 0.29) is 5.75 Å². The van der Waals surface area contributed by atoms with Gasteiger partial charge in [0.2, 0.25) is 5.89 Å². The third-order valence-electron chi connectivity index (χ3n) is 3.81. The van der Waals surface area contributed by atoms with Crippen LogP contribution in [0.5, 0.6) is 5.75 Å². The van der Waals surface area contributed by atoms with E-state index in [1.807, 2.05) is 54.6 Å². The molecule has 1 heterocycles. The third-order valence-corrected chi connectivity index (χ3v) is 4.92. The van der Waals surface area contributed by atoms with Gasteiger partial charge in [-0.05, 0) is 71.1 Å². The molecule has 4 rings (SSSR count). The first kappa shape index (κ1) is 17.1. The van der Waals surface area contributed by atoms with Gasteiger partial charge in [0.1, 0.15) is 11.3 Å². The Kier molecular flexibility index (Phi) is 4.65. The number of rotatable bonds is 3. The smallest absolute Gasteiger partial charge is 0.227 e. The van der Waals surface area contributed by atoms with Crippen LogP contribution in [-0.2, 0) is 0 Å². The highest BCUT2D eigenvalue weighted by Crippen LogP contribution is 2.29. The minimum absolute atomic E-state index is 0.225. The number of aromatic hydroxyl groups is 1. The van der Waals surface area contributed by atoms with E-state index >= 15 is 0 Å². The van der Waals surface area contributed by atoms with E-state index in [2.05, 4.69) is 32.6 Å². The number of phenolic OH excluding ortho intramolecular Hbond substituents is 1. The summed E-state index contributed by atoms with van der Waals surface area (Å²) in [5.41, 5.74) is 3.60. The fourth-order valence-electron chi connectivity index (χ4n) is 2.52. The number of halogens is 2. The van der Waals surface area contributed by atoms with Gasteiger partial charge in [-0.1, -0.05) is 23.7 Å². The highest BCUT2D eigenvalue weighted by molar-refractivity contribution is 14.1.